The maximum atomic E-state index is 12.6. The maximum absolute atomic E-state index is 12.6. The highest BCUT2D eigenvalue weighted by Gasteiger charge is 2.15. The van der Waals surface area contributed by atoms with Crippen molar-refractivity contribution in [1.29, 1.82) is 0 Å². The molecule has 8 heteroatoms. The van der Waals surface area contributed by atoms with Gasteiger partial charge in [0.1, 0.15) is 18.1 Å². The van der Waals surface area contributed by atoms with Crippen molar-refractivity contribution in [3.05, 3.63) is 101 Å². The highest BCUT2D eigenvalue weighted by Crippen LogP contribution is 2.17. The number of ether oxygens (including phenoxy) is 2. The first-order valence-electron chi connectivity index (χ1n) is 10.3. The van der Waals surface area contributed by atoms with Crippen LogP contribution in [0.25, 0.3) is 0 Å². The van der Waals surface area contributed by atoms with E-state index in [1.54, 1.807) is 36.4 Å². The van der Waals surface area contributed by atoms with Gasteiger partial charge in [-0.15, -0.1) is 0 Å². The van der Waals surface area contributed by atoms with Crippen molar-refractivity contribution < 1.29 is 23.5 Å². The molecule has 0 aliphatic rings. The second kappa shape index (κ2) is 9.86. The molecule has 0 aliphatic carbocycles. The van der Waals surface area contributed by atoms with Gasteiger partial charge in [0.2, 0.25) is 0 Å². The number of aryl methyl sites for hydroxylation is 1. The minimum Gasteiger partial charge on any atom is -0.486 e. The predicted molar refractivity (Wildman–Crippen MR) is 121 cm³/mol. The largest absolute Gasteiger partial charge is 0.486 e. The first kappa shape index (κ1) is 21.9. The fourth-order valence-electron chi connectivity index (χ4n) is 3.20. The molecule has 0 radical (unpaired) electrons. The zero-order valence-corrected chi connectivity index (χ0v) is 18.3. The molecule has 2 aromatic carbocycles. The molecule has 0 saturated carbocycles. The van der Waals surface area contributed by atoms with Gasteiger partial charge in [0, 0.05) is 11.8 Å². The molecule has 0 aliphatic heterocycles. The number of methoxy groups -OCH3 is 1. The van der Waals surface area contributed by atoms with E-state index in [0.29, 0.717) is 29.4 Å². The van der Waals surface area contributed by atoms with Crippen LogP contribution in [-0.4, -0.2) is 28.8 Å². The van der Waals surface area contributed by atoms with Gasteiger partial charge in [-0.2, -0.15) is 5.10 Å². The molecular formula is C25H23N3O5. The Morgan fingerprint density at radius 1 is 1.03 bits per heavy atom. The van der Waals surface area contributed by atoms with Gasteiger partial charge in [0.15, 0.2) is 11.6 Å². The van der Waals surface area contributed by atoms with Crippen molar-refractivity contribution in [2.45, 2.75) is 20.1 Å². The minimum atomic E-state index is -0.414. The lowest BCUT2D eigenvalue weighted by Gasteiger charge is -2.05. The zero-order valence-electron chi connectivity index (χ0n) is 18.3. The van der Waals surface area contributed by atoms with E-state index in [4.69, 9.17) is 9.15 Å². The number of carbonyl (C=O) groups is 2. The Labute approximate surface area is 190 Å². The van der Waals surface area contributed by atoms with E-state index in [1.165, 1.54) is 7.11 Å². The van der Waals surface area contributed by atoms with Gasteiger partial charge in [-0.1, -0.05) is 30.3 Å². The van der Waals surface area contributed by atoms with Gasteiger partial charge < -0.3 is 19.2 Å². The van der Waals surface area contributed by atoms with Crippen molar-refractivity contribution in [2.24, 2.45) is 0 Å². The summed E-state index contributed by atoms with van der Waals surface area (Å²) in [5.41, 5.74) is 2.49. The van der Waals surface area contributed by atoms with Gasteiger partial charge in [-0.3, -0.25) is 9.48 Å². The number of anilines is 1. The summed E-state index contributed by atoms with van der Waals surface area (Å²) in [6.07, 6.45) is 0. The summed E-state index contributed by atoms with van der Waals surface area (Å²) in [6.45, 7) is 2.69. The molecule has 33 heavy (non-hydrogen) atoms. The average Bonchev–Trinajstić information content (AvgIpc) is 3.45. The van der Waals surface area contributed by atoms with Crippen molar-refractivity contribution in [3.8, 4) is 5.75 Å². The van der Waals surface area contributed by atoms with E-state index < -0.39 is 11.9 Å². The van der Waals surface area contributed by atoms with Gasteiger partial charge in [-0.25, -0.2) is 4.79 Å². The Morgan fingerprint density at radius 3 is 2.52 bits per heavy atom. The molecule has 4 aromatic rings. The zero-order chi connectivity index (χ0) is 23.2. The SMILES string of the molecule is COC(=O)c1ccc(OCc2ccc(C(=O)Nc3cc(C)n(Cc4ccccc4)n3)o2)cc1. The second-order valence-electron chi connectivity index (χ2n) is 7.34. The molecule has 4 rings (SSSR count). The number of esters is 1. The number of aromatic nitrogens is 2. The van der Waals surface area contributed by atoms with Crippen LogP contribution in [0.15, 0.2) is 77.2 Å². The van der Waals surface area contributed by atoms with Crippen LogP contribution >= 0.6 is 0 Å². The summed E-state index contributed by atoms with van der Waals surface area (Å²) < 4.78 is 17.8. The Morgan fingerprint density at radius 2 is 1.79 bits per heavy atom. The van der Waals surface area contributed by atoms with Crippen LogP contribution in [0.4, 0.5) is 5.82 Å². The van der Waals surface area contributed by atoms with Crippen molar-refractivity contribution in [3.63, 3.8) is 0 Å². The highest BCUT2D eigenvalue weighted by atomic mass is 16.5. The normalized spacial score (nSPS) is 10.6. The maximum Gasteiger partial charge on any atom is 0.337 e. The van der Waals surface area contributed by atoms with E-state index in [9.17, 15) is 9.59 Å². The smallest absolute Gasteiger partial charge is 0.337 e. The summed E-state index contributed by atoms with van der Waals surface area (Å²) >= 11 is 0. The molecule has 0 fully saturated rings. The van der Waals surface area contributed by atoms with E-state index in [-0.39, 0.29) is 12.4 Å². The predicted octanol–water partition coefficient (Wildman–Crippen LogP) is 4.45. The van der Waals surface area contributed by atoms with Crippen LogP contribution in [0.5, 0.6) is 5.75 Å². The van der Waals surface area contributed by atoms with Crippen LogP contribution in [-0.2, 0) is 17.9 Å². The van der Waals surface area contributed by atoms with Crippen LogP contribution in [0.3, 0.4) is 0 Å². The number of amides is 1. The molecule has 8 nitrogen and oxygen atoms in total. The Hall–Kier alpha value is -4.33. The van der Waals surface area contributed by atoms with Crippen molar-refractivity contribution in [2.75, 3.05) is 12.4 Å². The molecular weight excluding hydrogens is 422 g/mol. The average molecular weight is 445 g/mol. The van der Waals surface area contributed by atoms with Gasteiger partial charge in [-0.05, 0) is 48.9 Å². The van der Waals surface area contributed by atoms with Crippen LogP contribution in [0.2, 0.25) is 0 Å². The molecule has 0 spiro atoms. The number of benzene rings is 2. The topological polar surface area (TPSA) is 95.6 Å². The lowest BCUT2D eigenvalue weighted by atomic mass is 10.2. The Kier molecular flexibility index (Phi) is 6.54. The first-order chi connectivity index (χ1) is 16.0. The number of nitrogens with one attached hydrogen (secondary N) is 1. The molecule has 2 heterocycles. The van der Waals surface area contributed by atoms with Gasteiger partial charge in [0.25, 0.3) is 5.91 Å². The Balaban J connectivity index is 1.33. The standard InChI is InChI=1S/C25H23N3O5/c1-17-14-23(27-28(17)15-18-6-4-3-5-7-18)26-24(29)22-13-12-21(33-22)16-32-20-10-8-19(9-11-20)25(30)31-2/h3-14H,15-16H2,1-2H3,(H,26,27,29). The molecule has 0 bridgehead atoms. The molecule has 0 saturated heterocycles. The van der Waals surface area contributed by atoms with E-state index in [0.717, 1.165) is 11.3 Å². The van der Waals surface area contributed by atoms with E-state index >= 15 is 0 Å². The summed E-state index contributed by atoms with van der Waals surface area (Å²) in [7, 11) is 1.33. The fraction of sp³-hybridized carbons (Fsp3) is 0.160. The summed E-state index contributed by atoms with van der Waals surface area (Å²) in [5, 5.41) is 7.23. The third-order valence-electron chi connectivity index (χ3n) is 4.94. The number of hydrogen-bond acceptors (Lipinski definition) is 6. The number of rotatable bonds is 8. The minimum absolute atomic E-state index is 0.135. The second-order valence-corrected chi connectivity index (χ2v) is 7.34. The fourth-order valence-corrected chi connectivity index (χ4v) is 3.20. The van der Waals surface area contributed by atoms with Crippen molar-refractivity contribution >= 4 is 17.7 Å². The van der Waals surface area contributed by atoms with Crippen LogP contribution < -0.4 is 10.1 Å². The lowest BCUT2D eigenvalue weighted by Crippen LogP contribution is -2.12. The number of furan rings is 1. The molecule has 0 atom stereocenters. The van der Waals surface area contributed by atoms with E-state index in [1.807, 2.05) is 48.0 Å². The van der Waals surface area contributed by atoms with Gasteiger partial charge >= 0.3 is 5.97 Å². The number of carbonyl (C=O) groups excluding carboxylic acids is 2. The molecule has 2 aromatic heterocycles. The monoisotopic (exact) mass is 445 g/mol. The lowest BCUT2D eigenvalue weighted by molar-refractivity contribution is 0.0600. The van der Waals surface area contributed by atoms with Gasteiger partial charge in [0.05, 0.1) is 19.2 Å². The van der Waals surface area contributed by atoms with Crippen LogP contribution in [0.1, 0.15) is 37.9 Å². The first-order valence-corrected chi connectivity index (χ1v) is 10.3. The van der Waals surface area contributed by atoms with Crippen molar-refractivity contribution in [1.82, 2.24) is 9.78 Å². The number of hydrogen-bond donors (Lipinski definition) is 1. The third-order valence-corrected chi connectivity index (χ3v) is 4.94. The third kappa shape index (κ3) is 5.48. The van der Waals surface area contributed by atoms with Crippen LogP contribution in [0, 0.1) is 6.92 Å². The highest BCUT2D eigenvalue weighted by molar-refractivity contribution is 6.01. The molecule has 168 valence electrons. The molecule has 0 unspecified atom stereocenters. The summed E-state index contributed by atoms with van der Waals surface area (Å²) in [4.78, 5) is 24.1. The number of nitrogens with zero attached hydrogens (tertiary/aromatic N) is 2. The van der Waals surface area contributed by atoms with E-state index in [2.05, 4.69) is 15.2 Å². The molecule has 1 N–H and O–H groups in total. The summed E-state index contributed by atoms with van der Waals surface area (Å²) in [6, 6.07) is 21.6. The Bertz CT molecular complexity index is 1240. The summed E-state index contributed by atoms with van der Waals surface area (Å²) in [5.74, 6) is 0.849. The quantitative estimate of drug-likeness (QED) is 0.403. The molecule has 1 amide bonds.